The summed E-state index contributed by atoms with van der Waals surface area (Å²) in [6.07, 6.45) is 0. The first-order valence-corrected chi connectivity index (χ1v) is 7.72. The molecular formula is C16H22N4O2. The van der Waals surface area contributed by atoms with Crippen LogP contribution >= 0.6 is 0 Å². The largest absolute Gasteiger partial charge is 0.478 e. The van der Waals surface area contributed by atoms with Gasteiger partial charge in [0.05, 0.1) is 23.1 Å². The van der Waals surface area contributed by atoms with E-state index in [4.69, 9.17) is 5.11 Å². The summed E-state index contributed by atoms with van der Waals surface area (Å²) in [5, 5.41) is 9.12. The van der Waals surface area contributed by atoms with Gasteiger partial charge in [-0.25, -0.2) is 9.78 Å². The number of aromatic carboxylic acids is 1. The Morgan fingerprint density at radius 1 is 1.27 bits per heavy atom. The molecule has 0 spiro atoms. The fraction of sp³-hybridized carbons (Fsp3) is 0.500. The molecule has 0 bridgehead atoms. The predicted molar refractivity (Wildman–Crippen MR) is 85.1 cm³/mol. The summed E-state index contributed by atoms with van der Waals surface area (Å²) in [5.74, 6) is 0.109. The number of nitrogens with zero attached hydrogens (tertiary/aromatic N) is 4. The number of carbonyl (C=O) groups is 1. The molecule has 0 saturated carbocycles. The van der Waals surface area contributed by atoms with Crippen LogP contribution in [0.4, 0.5) is 0 Å². The third kappa shape index (κ3) is 2.84. The Morgan fingerprint density at radius 3 is 2.64 bits per heavy atom. The van der Waals surface area contributed by atoms with Gasteiger partial charge in [0.15, 0.2) is 0 Å². The van der Waals surface area contributed by atoms with Crippen molar-refractivity contribution >= 4 is 17.0 Å². The minimum Gasteiger partial charge on any atom is -0.478 e. The summed E-state index contributed by atoms with van der Waals surface area (Å²) >= 11 is 0. The number of piperazine rings is 1. The van der Waals surface area contributed by atoms with Crippen LogP contribution in [0.1, 0.15) is 23.1 Å². The van der Waals surface area contributed by atoms with Crippen molar-refractivity contribution in [2.75, 3.05) is 33.2 Å². The first-order valence-electron chi connectivity index (χ1n) is 7.72. The molecule has 118 valence electrons. The zero-order valence-electron chi connectivity index (χ0n) is 13.1. The number of hydrogen-bond acceptors (Lipinski definition) is 4. The van der Waals surface area contributed by atoms with E-state index in [0.717, 1.165) is 56.1 Å². The van der Waals surface area contributed by atoms with E-state index >= 15 is 0 Å². The van der Waals surface area contributed by atoms with Crippen molar-refractivity contribution in [3.8, 4) is 0 Å². The van der Waals surface area contributed by atoms with Crippen molar-refractivity contribution < 1.29 is 9.90 Å². The number of benzene rings is 1. The van der Waals surface area contributed by atoms with Crippen molar-refractivity contribution in [2.24, 2.45) is 0 Å². The molecule has 1 aromatic carbocycles. The lowest BCUT2D eigenvalue weighted by Crippen LogP contribution is -2.44. The minimum atomic E-state index is -0.909. The van der Waals surface area contributed by atoms with Gasteiger partial charge in [-0.3, -0.25) is 4.90 Å². The smallest absolute Gasteiger partial charge is 0.335 e. The van der Waals surface area contributed by atoms with Gasteiger partial charge < -0.3 is 14.6 Å². The highest BCUT2D eigenvalue weighted by atomic mass is 16.4. The Bertz CT molecular complexity index is 687. The number of carboxylic acid groups (broad SMARTS) is 1. The van der Waals surface area contributed by atoms with E-state index < -0.39 is 5.97 Å². The van der Waals surface area contributed by atoms with Crippen LogP contribution in [-0.2, 0) is 13.1 Å². The standard InChI is InChI=1S/C16H22N4O2/c1-3-20-14-5-4-12(16(21)22)10-13(14)17-15(20)11-19-8-6-18(2)7-9-19/h4-5,10H,3,6-9,11H2,1-2H3,(H,21,22). The van der Waals surface area contributed by atoms with Crippen molar-refractivity contribution in [1.29, 1.82) is 0 Å². The lowest BCUT2D eigenvalue weighted by Gasteiger charge is -2.32. The van der Waals surface area contributed by atoms with Crippen LogP contribution in [0.15, 0.2) is 18.2 Å². The summed E-state index contributed by atoms with van der Waals surface area (Å²) in [4.78, 5) is 20.5. The molecule has 6 heteroatoms. The Hall–Kier alpha value is -1.92. The first kappa shape index (κ1) is 15.0. The molecule has 6 nitrogen and oxygen atoms in total. The molecule has 1 N–H and O–H groups in total. The van der Waals surface area contributed by atoms with Gasteiger partial charge in [-0.15, -0.1) is 0 Å². The molecule has 1 saturated heterocycles. The second-order valence-corrected chi connectivity index (χ2v) is 5.86. The fourth-order valence-corrected chi connectivity index (χ4v) is 2.99. The van der Waals surface area contributed by atoms with Gasteiger partial charge in [-0.1, -0.05) is 0 Å². The van der Waals surface area contributed by atoms with Gasteiger partial charge in [0.2, 0.25) is 0 Å². The number of fused-ring (bicyclic) bond motifs is 1. The van der Waals surface area contributed by atoms with Crippen LogP contribution in [-0.4, -0.2) is 63.7 Å². The Kier molecular flexibility index (Phi) is 4.13. The average molecular weight is 302 g/mol. The molecule has 0 amide bonds. The molecule has 1 fully saturated rings. The lowest BCUT2D eigenvalue weighted by atomic mass is 10.2. The SMILES string of the molecule is CCn1c(CN2CCN(C)CC2)nc2cc(C(=O)O)ccc21. The Morgan fingerprint density at radius 2 is 2.00 bits per heavy atom. The normalized spacial score (nSPS) is 17.2. The van der Waals surface area contributed by atoms with E-state index in [0.29, 0.717) is 5.56 Å². The number of aromatic nitrogens is 2. The minimum absolute atomic E-state index is 0.291. The first-order chi connectivity index (χ1) is 10.6. The fourth-order valence-electron chi connectivity index (χ4n) is 2.99. The summed E-state index contributed by atoms with van der Waals surface area (Å²) in [6, 6.07) is 5.18. The Labute approximate surface area is 130 Å². The second kappa shape index (κ2) is 6.06. The van der Waals surface area contributed by atoms with E-state index in [2.05, 4.69) is 33.3 Å². The van der Waals surface area contributed by atoms with Crippen LogP contribution < -0.4 is 0 Å². The molecule has 2 heterocycles. The molecular weight excluding hydrogens is 280 g/mol. The van der Waals surface area contributed by atoms with Crippen LogP contribution in [0.5, 0.6) is 0 Å². The van der Waals surface area contributed by atoms with E-state index in [-0.39, 0.29) is 0 Å². The molecule has 0 atom stereocenters. The number of carboxylic acids is 1. The van der Waals surface area contributed by atoms with Crippen molar-refractivity contribution in [2.45, 2.75) is 20.0 Å². The van der Waals surface area contributed by atoms with E-state index in [1.807, 2.05) is 6.07 Å². The van der Waals surface area contributed by atoms with Gasteiger partial charge in [-0.2, -0.15) is 0 Å². The number of aryl methyl sites for hydroxylation is 1. The lowest BCUT2D eigenvalue weighted by molar-refractivity contribution is 0.0697. The average Bonchev–Trinajstić information content (AvgIpc) is 2.85. The van der Waals surface area contributed by atoms with Crippen LogP contribution in [0.25, 0.3) is 11.0 Å². The van der Waals surface area contributed by atoms with Crippen LogP contribution in [0, 0.1) is 0 Å². The van der Waals surface area contributed by atoms with Gasteiger partial charge in [0.25, 0.3) is 0 Å². The monoisotopic (exact) mass is 302 g/mol. The molecule has 1 aromatic heterocycles. The van der Waals surface area contributed by atoms with Crippen LogP contribution in [0.3, 0.4) is 0 Å². The molecule has 0 aliphatic carbocycles. The molecule has 0 unspecified atom stereocenters. The van der Waals surface area contributed by atoms with Crippen LogP contribution in [0.2, 0.25) is 0 Å². The Balaban J connectivity index is 1.90. The quantitative estimate of drug-likeness (QED) is 0.927. The van der Waals surface area contributed by atoms with E-state index in [9.17, 15) is 4.79 Å². The number of rotatable bonds is 4. The van der Waals surface area contributed by atoms with Crippen molar-refractivity contribution in [3.63, 3.8) is 0 Å². The number of likely N-dealkylation sites (N-methyl/N-ethyl adjacent to an activating group) is 1. The maximum absolute atomic E-state index is 11.1. The van der Waals surface area contributed by atoms with E-state index in [1.165, 1.54) is 0 Å². The number of imidazole rings is 1. The second-order valence-electron chi connectivity index (χ2n) is 5.86. The highest BCUT2D eigenvalue weighted by Gasteiger charge is 2.18. The summed E-state index contributed by atoms with van der Waals surface area (Å²) < 4.78 is 2.18. The van der Waals surface area contributed by atoms with Gasteiger partial charge in [0.1, 0.15) is 5.82 Å². The predicted octanol–water partition coefficient (Wildman–Crippen LogP) is 1.50. The third-order valence-electron chi connectivity index (χ3n) is 4.35. The summed E-state index contributed by atoms with van der Waals surface area (Å²) in [7, 11) is 2.14. The zero-order chi connectivity index (χ0) is 15.7. The third-order valence-corrected chi connectivity index (χ3v) is 4.35. The van der Waals surface area contributed by atoms with Gasteiger partial charge >= 0.3 is 5.97 Å². The molecule has 0 radical (unpaired) electrons. The molecule has 1 aliphatic rings. The summed E-state index contributed by atoms with van der Waals surface area (Å²) in [5.41, 5.74) is 2.07. The van der Waals surface area contributed by atoms with Crippen molar-refractivity contribution in [1.82, 2.24) is 19.4 Å². The molecule has 1 aliphatic heterocycles. The van der Waals surface area contributed by atoms with E-state index in [1.54, 1.807) is 12.1 Å². The number of hydrogen-bond donors (Lipinski definition) is 1. The maximum atomic E-state index is 11.1. The zero-order valence-corrected chi connectivity index (χ0v) is 13.1. The molecule has 22 heavy (non-hydrogen) atoms. The highest BCUT2D eigenvalue weighted by Crippen LogP contribution is 2.19. The molecule has 3 rings (SSSR count). The van der Waals surface area contributed by atoms with Gasteiger partial charge in [0, 0.05) is 32.7 Å². The summed E-state index contributed by atoms with van der Waals surface area (Å²) in [6.45, 7) is 8.00. The molecule has 2 aromatic rings. The topological polar surface area (TPSA) is 61.6 Å². The van der Waals surface area contributed by atoms with Crippen molar-refractivity contribution in [3.05, 3.63) is 29.6 Å². The maximum Gasteiger partial charge on any atom is 0.335 e. The van der Waals surface area contributed by atoms with Gasteiger partial charge in [-0.05, 0) is 32.2 Å². The highest BCUT2D eigenvalue weighted by molar-refractivity contribution is 5.92.